The van der Waals surface area contributed by atoms with Crippen LogP contribution in [0.2, 0.25) is 5.02 Å². The van der Waals surface area contributed by atoms with E-state index < -0.39 is 5.63 Å². The Morgan fingerprint density at radius 1 is 1.25 bits per heavy atom. The van der Waals surface area contributed by atoms with Crippen molar-refractivity contribution in [2.24, 2.45) is 0 Å². The summed E-state index contributed by atoms with van der Waals surface area (Å²) >= 11 is 6.07. The molecule has 0 spiro atoms. The maximum absolute atomic E-state index is 12.4. The van der Waals surface area contributed by atoms with Crippen molar-refractivity contribution in [3.8, 4) is 11.5 Å². The Bertz CT molecular complexity index is 1110. The van der Waals surface area contributed by atoms with Crippen LogP contribution in [0.1, 0.15) is 23.6 Å². The fourth-order valence-electron chi connectivity index (χ4n) is 3.30. The highest BCUT2D eigenvalue weighted by Gasteiger charge is 2.23. The molecule has 2 heterocycles. The second-order valence-corrected chi connectivity index (χ2v) is 7.07. The highest BCUT2D eigenvalue weighted by molar-refractivity contribution is 6.30. The van der Waals surface area contributed by atoms with E-state index in [1.165, 1.54) is 6.07 Å². The van der Waals surface area contributed by atoms with Crippen molar-refractivity contribution in [3.63, 3.8) is 0 Å². The summed E-state index contributed by atoms with van der Waals surface area (Å²) in [6.45, 7) is 2.20. The Morgan fingerprint density at radius 2 is 2.11 bits per heavy atom. The van der Waals surface area contributed by atoms with E-state index in [0.717, 1.165) is 22.3 Å². The molecule has 1 aromatic heterocycles. The molecular formula is C21H18ClNO5. The Balaban J connectivity index is 1.44. The van der Waals surface area contributed by atoms with Gasteiger partial charge in [-0.25, -0.2) is 4.79 Å². The molecule has 0 radical (unpaired) electrons. The van der Waals surface area contributed by atoms with Crippen molar-refractivity contribution in [1.82, 2.24) is 5.32 Å². The average molecular weight is 400 g/mol. The monoisotopic (exact) mass is 399 g/mol. The van der Waals surface area contributed by atoms with E-state index in [4.69, 9.17) is 25.5 Å². The number of hydrogen-bond acceptors (Lipinski definition) is 5. The van der Waals surface area contributed by atoms with Gasteiger partial charge in [-0.2, -0.15) is 0 Å². The number of ether oxygens (including phenoxy) is 2. The third-order valence-corrected chi connectivity index (χ3v) is 4.87. The van der Waals surface area contributed by atoms with Gasteiger partial charge in [-0.1, -0.05) is 11.6 Å². The summed E-state index contributed by atoms with van der Waals surface area (Å²) in [7, 11) is 0. The van der Waals surface area contributed by atoms with Gasteiger partial charge < -0.3 is 19.2 Å². The lowest BCUT2D eigenvalue weighted by Gasteiger charge is -2.26. The zero-order valence-electron chi connectivity index (χ0n) is 15.2. The topological polar surface area (TPSA) is 77.8 Å². The summed E-state index contributed by atoms with van der Waals surface area (Å²) in [5.41, 5.74) is 1.69. The third kappa shape index (κ3) is 3.82. The van der Waals surface area contributed by atoms with Gasteiger partial charge in [-0.05, 0) is 42.8 Å². The molecule has 4 rings (SSSR count). The molecule has 1 N–H and O–H groups in total. The van der Waals surface area contributed by atoms with Crippen LogP contribution in [0.15, 0.2) is 51.7 Å². The minimum Gasteiger partial charge on any atom is -0.493 e. The zero-order chi connectivity index (χ0) is 19.7. The molecule has 144 valence electrons. The van der Waals surface area contributed by atoms with Gasteiger partial charge >= 0.3 is 5.63 Å². The van der Waals surface area contributed by atoms with Crippen molar-refractivity contribution < 1.29 is 18.7 Å². The van der Waals surface area contributed by atoms with E-state index in [9.17, 15) is 9.59 Å². The summed E-state index contributed by atoms with van der Waals surface area (Å²) < 4.78 is 16.4. The first kappa shape index (κ1) is 18.4. The molecule has 0 saturated heterocycles. The number of rotatable bonds is 4. The standard InChI is InChI=1S/C21H18ClNO5/c1-12-8-21(25)28-19-10-14(3-4-15(12)19)27-11-20(24)23-17-6-7-26-18-5-2-13(22)9-16(17)18/h2-5,8-10,17H,6-7,11H2,1H3,(H,23,24). The maximum Gasteiger partial charge on any atom is 0.336 e. The number of benzene rings is 2. The van der Waals surface area contributed by atoms with Crippen molar-refractivity contribution in [3.05, 3.63) is 69.0 Å². The van der Waals surface area contributed by atoms with Crippen molar-refractivity contribution >= 4 is 28.5 Å². The van der Waals surface area contributed by atoms with Crippen LogP contribution in [-0.4, -0.2) is 19.1 Å². The van der Waals surface area contributed by atoms with Gasteiger partial charge in [0.15, 0.2) is 6.61 Å². The summed E-state index contributed by atoms with van der Waals surface area (Å²) in [5, 5.41) is 4.37. The number of nitrogens with one attached hydrogen (secondary N) is 1. The fourth-order valence-corrected chi connectivity index (χ4v) is 3.48. The van der Waals surface area contributed by atoms with Crippen molar-refractivity contribution in [2.45, 2.75) is 19.4 Å². The zero-order valence-corrected chi connectivity index (χ0v) is 15.9. The van der Waals surface area contributed by atoms with Gasteiger partial charge in [0.25, 0.3) is 5.91 Å². The van der Waals surface area contributed by atoms with Crippen LogP contribution in [-0.2, 0) is 4.79 Å². The Morgan fingerprint density at radius 3 is 2.96 bits per heavy atom. The van der Waals surface area contributed by atoms with Crippen LogP contribution in [0.5, 0.6) is 11.5 Å². The highest BCUT2D eigenvalue weighted by atomic mass is 35.5. The van der Waals surface area contributed by atoms with Gasteiger partial charge in [-0.15, -0.1) is 0 Å². The molecule has 1 amide bonds. The molecule has 0 fully saturated rings. The second-order valence-electron chi connectivity index (χ2n) is 6.63. The summed E-state index contributed by atoms with van der Waals surface area (Å²) in [5.74, 6) is 0.914. The number of halogens is 1. The van der Waals surface area contributed by atoms with Gasteiger partial charge in [0.05, 0.1) is 12.6 Å². The molecule has 7 heteroatoms. The minimum atomic E-state index is -0.420. The molecule has 0 aliphatic carbocycles. The van der Waals surface area contributed by atoms with E-state index in [-0.39, 0.29) is 18.6 Å². The van der Waals surface area contributed by atoms with Crippen LogP contribution in [0, 0.1) is 6.92 Å². The number of aryl methyl sites for hydroxylation is 1. The summed E-state index contributed by atoms with van der Waals surface area (Å²) in [6.07, 6.45) is 0.652. The Labute approximate surface area is 166 Å². The average Bonchev–Trinajstić information content (AvgIpc) is 2.66. The first-order valence-electron chi connectivity index (χ1n) is 8.88. The Hall–Kier alpha value is -2.99. The third-order valence-electron chi connectivity index (χ3n) is 4.64. The first-order chi connectivity index (χ1) is 13.5. The summed E-state index contributed by atoms with van der Waals surface area (Å²) in [6, 6.07) is 11.8. The van der Waals surface area contributed by atoms with E-state index in [1.807, 2.05) is 6.92 Å². The van der Waals surface area contributed by atoms with Crippen LogP contribution < -0.4 is 20.4 Å². The first-order valence-corrected chi connectivity index (χ1v) is 9.26. The van der Waals surface area contributed by atoms with E-state index in [1.54, 1.807) is 36.4 Å². The predicted octanol–water partition coefficient (Wildman–Crippen LogP) is 3.77. The van der Waals surface area contributed by atoms with Crippen LogP contribution in [0.4, 0.5) is 0 Å². The fraction of sp³-hybridized carbons (Fsp3) is 0.238. The molecule has 1 aliphatic rings. The minimum absolute atomic E-state index is 0.158. The molecular weight excluding hydrogens is 382 g/mol. The number of carbonyl (C=O) groups excluding carboxylic acids is 1. The molecule has 2 aromatic carbocycles. The lowest BCUT2D eigenvalue weighted by Crippen LogP contribution is -2.35. The lowest BCUT2D eigenvalue weighted by atomic mass is 10.0. The number of amides is 1. The van der Waals surface area contributed by atoms with Gasteiger partial charge in [0.2, 0.25) is 0 Å². The van der Waals surface area contributed by atoms with Crippen LogP contribution in [0.3, 0.4) is 0 Å². The van der Waals surface area contributed by atoms with Gasteiger partial charge in [-0.3, -0.25) is 4.79 Å². The van der Waals surface area contributed by atoms with Crippen LogP contribution >= 0.6 is 11.6 Å². The van der Waals surface area contributed by atoms with Crippen molar-refractivity contribution in [1.29, 1.82) is 0 Å². The van der Waals surface area contributed by atoms with Gasteiger partial charge in [0.1, 0.15) is 17.1 Å². The molecule has 1 aliphatic heterocycles. The largest absolute Gasteiger partial charge is 0.493 e. The number of carbonyl (C=O) groups is 1. The molecule has 6 nitrogen and oxygen atoms in total. The summed E-state index contributed by atoms with van der Waals surface area (Å²) in [4.78, 5) is 23.9. The number of fused-ring (bicyclic) bond motifs is 2. The van der Waals surface area contributed by atoms with E-state index >= 15 is 0 Å². The lowest BCUT2D eigenvalue weighted by molar-refractivity contribution is -0.124. The normalized spacial score (nSPS) is 15.6. The smallest absolute Gasteiger partial charge is 0.336 e. The van der Waals surface area contributed by atoms with E-state index in [2.05, 4.69) is 5.32 Å². The highest BCUT2D eigenvalue weighted by Crippen LogP contribution is 2.34. The molecule has 0 saturated carbocycles. The quantitative estimate of drug-likeness (QED) is 0.675. The van der Waals surface area contributed by atoms with Gasteiger partial charge in [0, 0.05) is 34.5 Å². The predicted molar refractivity (Wildman–Crippen MR) is 105 cm³/mol. The van der Waals surface area contributed by atoms with Crippen molar-refractivity contribution in [2.75, 3.05) is 13.2 Å². The van der Waals surface area contributed by atoms with E-state index in [0.29, 0.717) is 29.4 Å². The molecule has 1 atom stereocenters. The molecule has 0 bridgehead atoms. The molecule has 3 aromatic rings. The maximum atomic E-state index is 12.4. The second kappa shape index (κ2) is 7.56. The number of hydrogen-bond donors (Lipinski definition) is 1. The Kier molecular flexibility index (Phi) is 4.96. The van der Waals surface area contributed by atoms with Crippen LogP contribution in [0.25, 0.3) is 11.0 Å². The SMILES string of the molecule is Cc1cc(=O)oc2cc(OCC(=O)NC3CCOc4ccc(Cl)cc43)ccc12. The molecule has 1 unspecified atom stereocenters. The molecule has 28 heavy (non-hydrogen) atoms.